The number of nitrogens with two attached hydrogens (primary N) is 1. The number of hydrogen-bond acceptors (Lipinski definition) is 5. The van der Waals surface area contributed by atoms with E-state index in [-0.39, 0.29) is 0 Å². The van der Waals surface area contributed by atoms with Gasteiger partial charge in [-0.2, -0.15) is 0 Å². The Hall–Kier alpha value is -1.04. The highest BCUT2D eigenvalue weighted by molar-refractivity contribution is 7.98. The van der Waals surface area contributed by atoms with Crippen LogP contribution in [-0.4, -0.2) is 18.3 Å². The van der Waals surface area contributed by atoms with Gasteiger partial charge in [0.05, 0.1) is 0 Å². The first-order chi connectivity index (χ1) is 8.24. The van der Waals surface area contributed by atoms with E-state index in [1.165, 1.54) is 4.90 Å². The summed E-state index contributed by atoms with van der Waals surface area (Å²) < 4.78 is 0. The van der Waals surface area contributed by atoms with Crippen molar-refractivity contribution in [2.75, 3.05) is 18.2 Å². The van der Waals surface area contributed by atoms with Crippen molar-refractivity contribution in [3.8, 4) is 0 Å². The maximum atomic E-state index is 5.59. The lowest BCUT2D eigenvalue weighted by atomic mass is 10.3. The largest absolute Gasteiger partial charge is 0.326 e. The molecule has 0 unspecified atom stereocenters. The summed E-state index contributed by atoms with van der Waals surface area (Å²) in [6, 6.07) is 8.45. The predicted molar refractivity (Wildman–Crippen MR) is 76.3 cm³/mol. The molecule has 0 aliphatic rings. The van der Waals surface area contributed by atoms with Crippen LogP contribution in [0.15, 0.2) is 35.4 Å². The van der Waals surface area contributed by atoms with Gasteiger partial charge in [0.25, 0.3) is 0 Å². The molecule has 5 heteroatoms. The standard InChI is InChI=1S/C12H15N3S2/c1-15(12-14-8-11(7-13)17-12)9-3-5-10(16-2)6-4-9/h3-6,8H,7,13H2,1-2H3. The van der Waals surface area contributed by atoms with Crippen LogP contribution in [0.1, 0.15) is 4.88 Å². The molecule has 0 spiro atoms. The molecule has 2 aromatic rings. The van der Waals surface area contributed by atoms with E-state index in [4.69, 9.17) is 5.73 Å². The van der Waals surface area contributed by atoms with Gasteiger partial charge in [-0.25, -0.2) is 4.98 Å². The molecule has 17 heavy (non-hydrogen) atoms. The SMILES string of the molecule is CSc1ccc(N(C)c2ncc(CN)s2)cc1. The molecule has 0 radical (unpaired) electrons. The second-order valence-corrected chi connectivity index (χ2v) is 5.54. The minimum atomic E-state index is 0.552. The van der Waals surface area contributed by atoms with Gasteiger partial charge in [0.1, 0.15) is 0 Å². The van der Waals surface area contributed by atoms with E-state index < -0.39 is 0 Å². The van der Waals surface area contributed by atoms with Crippen LogP contribution in [0, 0.1) is 0 Å². The number of anilines is 2. The van der Waals surface area contributed by atoms with Crippen molar-refractivity contribution in [2.24, 2.45) is 5.73 Å². The van der Waals surface area contributed by atoms with Crippen molar-refractivity contribution < 1.29 is 0 Å². The van der Waals surface area contributed by atoms with Crippen LogP contribution in [0.5, 0.6) is 0 Å². The molecule has 0 fully saturated rings. The molecule has 1 aromatic carbocycles. The summed E-state index contributed by atoms with van der Waals surface area (Å²) in [5.41, 5.74) is 6.73. The predicted octanol–water partition coefficient (Wildman–Crippen LogP) is 3.09. The Labute approximate surface area is 110 Å². The monoisotopic (exact) mass is 265 g/mol. The molecule has 0 aliphatic heterocycles. The summed E-state index contributed by atoms with van der Waals surface area (Å²) in [7, 11) is 2.02. The van der Waals surface area contributed by atoms with Crippen molar-refractivity contribution >= 4 is 33.9 Å². The molecule has 2 rings (SSSR count). The van der Waals surface area contributed by atoms with Crippen LogP contribution in [0.3, 0.4) is 0 Å². The molecule has 90 valence electrons. The zero-order chi connectivity index (χ0) is 12.3. The van der Waals surface area contributed by atoms with Gasteiger partial charge in [0, 0.05) is 35.2 Å². The zero-order valence-corrected chi connectivity index (χ0v) is 11.5. The fraction of sp³-hybridized carbons (Fsp3) is 0.250. The van der Waals surface area contributed by atoms with Crippen LogP contribution < -0.4 is 10.6 Å². The first kappa shape index (κ1) is 12.4. The van der Waals surface area contributed by atoms with Crippen LogP contribution in [0.4, 0.5) is 10.8 Å². The summed E-state index contributed by atoms with van der Waals surface area (Å²) in [4.78, 5) is 8.81. The zero-order valence-electron chi connectivity index (χ0n) is 9.88. The van der Waals surface area contributed by atoms with Gasteiger partial charge in [-0.05, 0) is 30.5 Å². The molecule has 0 amide bonds. The van der Waals surface area contributed by atoms with Gasteiger partial charge < -0.3 is 10.6 Å². The maximum Gasteiger partial charge on any atom is 0.189 e. The molecule has 3 nitrogen and oxygen atoms in total. The van der Waals surface area contributed by atoms with E-state index in [1.807, 2.05) is 13.2 Å². The summed E-state index contributed by atoms with van der Waals surface area (Å²) in [6.45, 7) is 0.552. The van der Waals surface area contributed by atoms with Gasteiger partial charge in [0.2, 0.25) is 0 Å². The van der Waals surface area contributed by atoms with E-state index >= 15 is 0 Å². The van der Waals surface area contributed by atoms with Crippen LogP contribution in [0.2, 0.25) is 0 Å². The summed E-state index contributed by atoms with van der Waals surface area (Å²) in [5.74, 6) is 0. The normalized spacial score (nSPS) is 10.5. The highest BCUT2D eigenvalue weighted by atomic mass is 32.2. The number of aromatic nitrogens is 1. The van der Waals surface area contributed by atoms with Crippen LogP contribution in [-0.2, 0) is 6.54 Å². The van der Waals surface area contributed by atoms with Crippen molar-refractivity contribution in [2.45, 2.75) is 11.4 Å². The number of nitrogens with zero attached hydrogens (tertiary/aromatic N) is 2. The van der Waals surface area contributed by atoms with Crippen molar-refractivity contribution in [3.63, 3.8) is 0 Å². The fourth-order valence-corrected chi connectivity index (χ4v) is 2.64. The minimum absolute atomic E-state index is 0.552. The molecule has 0 aliphatic carbocycles. The number of hydrogen-bond donors (Lipinski definition) is 1. The third kappa shape index (κ3) is 2.80. The second-order valence-electron chi connectivity index (χ2n) is 3.57. The van der Waals surface area contributed by atoms with Crippen LogP contribution >= 0.6 is 23.1 Å². The third-order valence-electron chi connectivity index (χ3n) is 2.49. The number of thioether (sulfide) groups is 1. The molecule has 2 N–H and O–H groups in total. The third-order valence-corrected chi connectivity index (χ3v) is 4.33. The number of rotatable bonds is 4. The lowest BCUT2D eigenvalue weighted by molar-refractivity contribution is 1.09. The molecule has 1 aromatic heterocycles. The molecule has 0 bridgehead atoms. The number of benzene rings is 1. The van der Waals surface area contributed by atoms with Gasteiger partial charge in [-0.1, -0.05) is 0 Å². The van der Waals surface area contributed by atoms with E-state index in [0.717, 1.165) is 15.7 Å². The van der Waals surface area contributed by atoms with E-state index in [2.05, 4.69) is 40.4 Å². The van der Waals surface area contributed by atoms with Crippen molar-refractivity contribution in [1.29, 1.82) is 0 Å². The molecule has 1 heterocycles. The molecular formula is C12H15N3S2. The van der Waals surface area contributed by atoms with Gasteiger partial charge in [-0.15, -0.1) is 23.1 Å². The average molecular weight is 265 g/mol. The Kier molecular flexibility index (Phi) is 4.04. The lowest BCUT2D eigenvalue weighted by Crippen LogP contribution is -2.08. The quantitative estimate of drug-likeness (QED) is 0.863. The fourth-order valence-electron chi connectivity index (χ4n) is 1.46. The van der Waals surface area contributed by atoms with Gasteiger partial charge >= 0.3 is 0 Å². The first-order valence-corrected chi connectivity index (χ1v) is 7.31. The average Bonchev–Trinajstić information content (AvgIpc) is 2.87. The topological polar surface area (TPSA) is 42.2 Å². The van der Waals surface area contributed by atoms with E-state index in [1.54, 1.807) is 23.1 Å². The first-order valence-electron chi connectivity index (χ1n) is 5.27. The maximum absolute atomic E-state index is 5.59. The van der Waals surface area contributed by atoms with Crippen LogP contribution in [0.25, 0.3) is 0 Å². The summed E-state index contributed by atoms with van der Waals surface area (Å²) >= 11 is 3.38. The smallest absolute Gasteiger partial charge is 0.189 e. The Balaban J connectivity index is 2.20. The summed E-state index contributed by atoms with van der Waals surface area (Å²) in [6.07, 6.45) is 3.92. The Morgan fingerprint density at radius 2 is 2.06 bits per heavy atom. The van der Waals surface area contributed by atoms with E-state index in [0.29, 0.717) is 6.54 Å². The minimum Gasteiger partial charge on any atom is -0.326 e. The highest BCUT2D eigenvalue weighted by Gasteiger charge is 2.08. The van der Waals surface area contributed by atoms with Crippen molar-refractivity contribution in [3.05, 3.63) is 35.3 Å². The Morgan fingerprint density at radius 3 is 2.59 bits per heavy atom. The van der Waals surface area contributed by atoms with Crippen molar-refractivity contribution in [1.82, 2.24) is 4.98 Å². The molecule has 0 saturated heterocycles. The highest BCUT2D eigenvalue weighted by Crippen LogP contribution is 2.29. The van der Waals surface area contributed by atoms with E-state index in [9.17, 15) is 0 Å². The molecule has 0 atom stereocenters. The second kappa shape index (κ2) is 5.53. The number of thiazole rings is 1. The Bertz CT molecular complexity index is 479. The van der Waals surface area contributed by atoms with Gasteiger partial charge in [0.15, 0.2) is 5.13 Å². The molecular weight excluding hydrogens is 250 g/mol. The van der Waals surface area contributed by atoms with Gasteiger partial charge in [-0.3, -0.25) is 0 Å². The molecule has 0 saturated carbocycles. The lowest BCUT2D eigenvalue weighted by Gasteiger charge is -2.15. The summed E-state index contributed by atoms with van der Waals surface area (Å²) in [5, 5.41) is 0.974. The Morgan fingerprint density at radius 1 is 1.35 bits per heavy atom.